The molecule has 4 heteroatoms. The zero-order chi connectivity index (χ0) is 21.5. The van der Waals surface area contributed by atoms with Crippen LogP contribution in [0.4, 0.5) is 0 Å². The van der Waals surface area contributed by atoms with Crippen LogP contribution in [-0.4, -0.2) is 28.8 Å². The van der Waals surface area contributed by atoms with E-state index in [0.29, 0.717) is 13.0 Å². The first kappa shape index (κ1) is 22.1. The minimum atomic E-state index is -0.509. The van der Waals surface area contributed by atoms with E-state index in [2.05, 4.69) is 23.5 Å². The average Bonchev–Trinajstić information content (AvgIpc) is 2.72. The fourth-order valence-electron chi connectivity index (χ4n) is 4.38. The highest BCUT2D eigenvalue weighted by atomic mass is 16.2. The monoisotopic (exact) mass is 406 g/mol. The molecule has 4 nitrogen and oxygen atoms in total. The molecule has 1 aliphatic carbocycles. The second-order valence-corrected chi connectivity index (χ2v) is 8.70. The quantitative estimate of drug-likeness (QED) is 0.724. The topological polar surface area (TPSA) is 49.4 Å². The zero-order valence-corrected chi connectivity index (χ0v) is 18.5. The van der Waals surface area contributed by atoms with Crippen LogP contribution in [0.1, 0.15) is 61.3 Å². The summed E-state index contributed by atoms with van der Waals surface area (Å²) in [6, 6.07) is 15.8. The van der Waals surface area contributed by atoms with E-state index in [-0.39, 0.29) is 17.9 Å². The van der Waals surface area contributed by atoms with Gasteiger partial charge in [-0.2, -0.15) is 0 Å². The van der Waals surface area contributed by atoms with Crippen LogP contribution >= 0.6 is 0 Å². The normalized spacial score (nSPS) is 15.4. The summed E-state index contributed by atoms with van der Waals surface area (Å²) in [7, 11) is 0. The van der Waals surface area contributed by atoms with Gasteiger partial charge in [-0.15, -0.1) is 0 Å². The summed E-state index contributed by atoms with van der Waals surface area (Å²) in [5.74, 6) is -0.0678. The van der Waals surface area contributed by atoms with Gasteiger partial charge in [0.15, 0.2) is 0 Å². The lowest BCUT2D eigenvalue weighted by Gasteiger charge is -2.31. The van der Waals surface area contributed by atoms with Crippen LogP contribution in [0.3, 0.4) is 0 Å². The highest BCUT2D eigenvalue weighted by Crippen LogP contribution is 2.19. The Morgan fingerprint density at radius 1 is 0.967 bits per heavy atom. The third-order valence-electron chi connectivity index (χ3n) is 5.95. The lowest BCUT2D eigenvalue weighted by atomic mass is 9.95. The third kappa shape index (κ3) is 6.19. The van der Waals surface area contributed by atoms with Gasteiger partial charge in [-0.05, 0) is 44.7 Å². The minimum Gasteiger partial charge on any atom is -0.352 e. The van der Waals surface area contributed by atoms with Crippen molar-refractivity contribution in [3.8, 4) is 0 Å². The Hall–Kier alpha value is -2.62. The van der Waals surface area contributed by atoms with E-state index in [1.807, 2.05) is 51.1 Å². The molecule has 3 rings (SSSR count). The molecule has 0 radical (unpaired) electrons. The molecule has 1 unspecified atom stereocenters. The van der Waals surface area contributed by atoms with Crippen molar-refractivity contribution in [1.82, 2.24) is 10.2 Å². The summed E-state index contributed by atoms with van der Waals surface area (Å²) in [6.07, 6.45) is 5.95. The molecule has 2 aromatic rings. The van der Waals surface area contributed by atoms with E-state index in [1.165, 1.54) is 19.3 Å². The van der Waals surface area contributed by atoms with Gasteiger partial charge in [0, 0.05) is 12.6 Å². The predicted molar refractivity (Wildman–Crippen MR) is 121 cm³/mol. The van der Waals surface area contributed by atoms with Crippen molar-refractivity contribution >= 4 is 11.8 Å². The fraction of sp³-hybridized carbons (Fsp3) is 0.462. The van der Waals surface area contributed by atoms with Gasteiger partial charge in [-0.3, -0.25) is 9.59 Å². The number of amides is 2. The highest BCUT2D eigenvalue weighted by molar-refractivity contribution is 5.88. The van der Waals surface area contributed by atoms with Crippen LogP contribution in [-0.2, 0) is 22.6 Å². The molecule has 2 aromatic carbocycles. The second-order valence-electron chi connectivity index (χ2n) is 8.70. The zero-order valence-electron chi connectivity index (χ0n) is 18.5. The smallest absolute Gasteiger partial charge is 0.242 e. The Labute approximate surface area is 180 Å². The van der Waals surface area contributed by atoms with Crippen molar-refractivity contribution in [2.24, 2.45) is 0 Å². The first-order valence-electron chi connectivity index (χ1n) is 11.1. The lowest BCUT2D eigenvalue weighted by molar-refractivity contribution is -0.140. The summed E-state index contributed by atoms with van der Waals surface area (Å²) in [6.45, 7) is 6.37. The number of nitrogens with one attached hydrogen (secondary N) is 1. The Kier molecular flexibility index (Phi) is 7.67. The van der Waals surface area contributed by atoms with Crippen molar-refractivity contribution in [1.29, 1.82) is 0 Å². The average molecular weight is 407 g/mol. The maximum atomic E-state index is 13.3. The minimum absolute atomic E-state index is 0.0184. The number of hydrogen-bond acceptors (Lipinski definition) is 2. The number of benzene rings is 2. The number of hydrogen-bond donors (Lipinski definition) is 1. The van der Waals surface area contributed by atoms with E-state index < -0.39 is 6.04 Å². The van der Waals surface area contributed by atoms with E-state index in [1.54, 1.807) is 4.90 Å². The molecule has 1 fully saturated rings. The van der Waals surface area contributed by atoms with Gasteiger partial charge in [0.2, 0.25) is 11.8 Å². The molecular formula is C26H34N2O2. The number of carbonyl (C=O) groups excluding carboxylic acids is 2. The molecule has 0 bridgehead atoms. The molecule has 1 saturated carbocycles. The molecule has 30 heavy (non-hydrogen) atoms. The van der Waals surface area contributed by atoms with Crippen LogP contribution in [0.2, 0.25) is 0 Å². The molecule has 1 N–H and O–H groups in total. The predicted octanol–water partition coefficient (Wildman–Crippen LogP) is 4.71. The second kappa shape index (κ2) is 10.4. The van der Waals surface area contributed by atoms with Crippen LogP contribution in [0.5, 0.6) is 0 Å². The van der Waals surface area contributed by atoms with Crippen LogP contribution in [0.15, 0.2) is 48.5 Å². The highest BCUT2D eigenvalue weighted by Gasteiger charge is 2.28. The molecule has 0 spiro atoms. The van der Waals surface area contributed by atoms with Gasteiger partial charge in [0.25, 0.3) is 0 Å². The van der Waals surface area contributed by atoms with Gasteiger partial charge >= 0.3 is 0 Å². The van der Waals surface area contributed by atoms with Gasteiger partial charge in [0.05, 0.1) is 6.42 Å². The molecular weight excluding hydrogens is 372 g/mol. The largest absolute Gasteiger partial charge is 0.352 e. The summed E-state index contributed by atoms with van der Waals surface area (Å²) in [5.41, 5.74) is 4.32. The first-order chi connectivity index (χ1) is 14.4. The van der Waals surface area contributed by atoms with E-state index in [4.69, 9.17) is 0 Å². The third-order valence-corrected chi connectivity index (χ3v) is 5.95. The molecule has 0 aromatic heterocycles. The number of aryl methyl sites for hydroxylation is 2. The van der Waals surface area contributed by atoms with Gasteiger partial charge in [-0.25, -0.2) is 0 Å². The van der Waals surface area contributed by atoms with E-state index >= 15 is 0 Å². The van der Waals surface area contributed by atoms with E-state index in [9.17, 15) is 9.59 Å². The summed E-state index contributed by atoms with van der Waals surface area (Å²) in [4.78, 5) is 28.1. The van der Waals surface area contributed by atoms with Crippen LogP contribution in [0.25, 0.3) is 0 Å². The standard InChI is InChI=1S/C26H34N2O2/c1-19-14-20(2)16-23(15-19)17-25(29)28(18-22-10-6-4-7-11-22)21(3)26(30)27-24-12-8-5-9-13-24/h4,6-7,10-11,14-16,21,24H,5,8-9,12-13,17-18H2,1-3H3,(H,27,30). The maximum absolute atomic E-state index is 13.3. The molecule has 0 heterocycles. The Balaban J connectivity index is 1.76. The Bertz CT molecular complexity index is 836. The van der Waals surface area contributed by atoms with Crippen LogP contribution < -0.4 is 5.32 Å². The van der Waals surface area contributed by atoms with Crippen molar-refractivity contribution in [2.75, 3.05) is 0 Å². The summed E-state index contributed by atoms with van der Waals surface area (Å²) in [5, 5.41) is 3.19. The van der Waals surface area contributed by atoms with Crippen molar-refractivity contribution < 1.29 is 9.59 Å². The summed E-state index contributed by atoms with van der Waals surface area (Å²) < 4.78 is 0. The lowest BCUT2D eigenvalue weighted by Crippen LogP contribution is -2.50. The molecule has 0 saturated heterocycles. The van der Waals surface area contributed by atoms with Crippen molar-refractivity contribution in [2.45, 2.75) is 77.9 Å². The fourth-order valence-corrected chi connectivity index (χ4v) is 4.38. The van der Waals surface area contributed by atoms with Gasteiger partial charge < -0.3 is 10.2 Å². The summed E-state index contributed by atoms with van der Waals surface area (Å²) >= 11 is 0. The Morgan fingerprint density at radius 3 is 2.23 bits per heavy atom. The Morgan fingerprint density at radius 2 is 1.60 bits per heavy atom. The molecule has 0 aliphatic heterocycles. The number of rotatable bonds is 7. The molecule has 1 aliphatic rings. The van der Waals surface area contributed by atoms with Gasteiger partial charge in [-0.1, -0.05) is 78.9 Å². The number of nitrogens with zero attached hydrogens (tertiary/aromatic N) is 1. The van der Waals surface area contributed by atoms with Gasteiger partial charge in [0.1, 0.15) is 6.04 Å². The molecule has 160 valence electrons. The SMILES string of the molecule is Cc1cc(C)cc(CC(=O)N(Cc2ccccc2)C(C)C(=O)NC2CCCCC2)c1. The van der Waals surface area contributed by atoms with Crippen molar-refractivity contribution in [3.05, 3.63) is 70.8 Å². The van der Waals surface area contributed by atoms with Crippen molar-refractivity contribution in [3.63, 3.8) is 0 Å². The maximum Gasteiger partial charge on any atom is 0.242 e. The first-order valence-corrected chi connectivity index (χ1v) is 11.1. The number of carbonyl (C=O) groups is 2. The van der Waals surface area contributed by atoms with E-state index in [0.717, 1.165) is 35.1 Å². The van der Waals surface area contributed by atoms with Crippen LogP contribution in [0, 0.1) is 13.8 Å². The molecule has 2 amide bonds. The molecule has 1 atom stereocenters.